The molecule has 2 heteroatoms. The molecule has 0 spiro atoms. The Bertz CT molecular complexity index is 649. The number of rotatable bonds is 3. The molecule has 0 N–H and O–H groups in total. The molecular formula is C20H22O2. The van der Waals surface area contributed by atoms with Crippen molar-refractivity contribution in [1.82, 2.24) is 0 Å². The first-order valence-corrected chi connectivity index (χ1v) is 7.79. The first-order chi connectivity index (χ1) is 10.5. The molecule has 0 unspecified atom stereocenters. The highest BCUT2D eigenvalue weighted by atomic mass is 16.5. The monoisotopic (exact) mass is 294 g/mol. The van der Waals surface area contributed by atoms with E-state index in [0.29, 0.717) is 13.0 Å². The minimum Gasteiger partial charge on any atom is -0.465 e. The van der Waals surface area contributed by atoms with Gasteiger partial charge in [0.1, 0.15) is 6.61 Å². The second-order valence-corrected chi connectivity index (χ2v) is 7.15. The minimum atomic E-state index is -0.116. The number of carbonyl (C=O) groups excluding carboxylic acids is 1. The first kappa shape index (κ1) is 14.8. The Morgan fingerprint density at radius 3 is 1.95 bits per heavy atom. The van der Waals surface area contributed by atoms with E-state index < -0.39 is 0 Å². The lowest BCUT2D eigenvalue weighted by atomic mass is 9.92. The van der Waals surface area contributed by atoms with Crippen molar-refractivity contribution in [3.05, 3.63) is 59.7 Å². The zero-order valence-electron chi connectivity index (χ0n) is 13.4. The van der Waals surface area contributed by atoms with Crippen molar-refractivity contribution in [2.75, 3.05) is 6.61 Å². The van der Waals surface area contributed by atoms with Crippen LogP contribution in [-0.2, 0) is 9.53 Å². The average Bonchev–Trinajstić information content (AvgIpc) is 2.78. The molecule has 0 amide bonds. The van der Waals surface area contributed by atoms with Gasteiger partial charge in [-0.1, -0.05) is 69.3 Å². The van der Waals surface area contributed by atoms with Crippen molar-refractivity contribution in [1.29, 1.82) is 0 Å². The molecule has 0 aliphatic heterocycles. The van der Waals surface area contributed by atoms with Gasteiger partial charge in [-0.25, -0.2) is 0 Å². The molecule has 114 valence electrons. The molecule has 0 saturated carbocycles. The molecule has 0 saturated heterocycles. The predicted molar refractivity (Wildman–Crippen MR) is 88.8 cm³/mol. The molecule has 0 radical (unpaired) electrons. The summed E-state index contributed by atoms with van der Waals surface area (Å²) in [6, 6.07) is 16.8. The van der Waals surface area contributed by atoms with E-state index in [2.05, 4.69) is 69.3 Å². The summed E-state index contributed by atoms with van der Waals surface area (Å²) in [5.41, 5.74) is 4.99. The molecule has 0 fully saturated rings. The zero-order chi connectivity index (χ0) is 15.7. The van der Waals surface area contributed by atoms with Crippen molar-refractivity contribution in [2.45, 2.75) is 33.1 Å². The molecule has 0 atom stereocenters. The first-order valence-electron chi connectivity index (χ1n) is 7.79. The van der Waals surface area contributed by atoms with Crippen molar-refractivity contribution in [2.24, 2.45) is 5.41 Å². The second-order valence-electron chi connectivity index (χ2n) is 7.15. The topological polar surface area (TPSA) is 26.3 Å². The van der Waals surface area contributed by atoms with Crippen LogP contribution in [0.5, 0.6) is 0 Å². The molecule has 3 rings (SSSR count). The van der Waals surface area contributed by atoms with E-state index in [1.807, 2.05) is 0 Å². The third-order valence-electron chi connectivity index (χ3n) is 4.05. The third kappa shape index (κ3) is 2.92. The van der Waals surface area contributed by atoms with Gasteiger partial charge in [0.15, 0.2) is 0 Å². The number of esters is 1. The van der Waals surface area contributed by atoms with Crippen molar-refractivity contribution in [3.63, 3.8) is 0 Å². The van der Waals surface area contributed by atoms with Gasteiger partial charge in [-0.05, 0) is 27.7 Å². The maximum atomic E-state index is 12.0. The minimum absolute atomic E-state index is 0.0391. The molecule has 2 nitrogen and oxygen atoms in total. The van der Waals surface area contributed by atoms with E-state index >= 15 is 0 Å². The van der Waals surface area contributed by atoms with Crippen LogP contribution >= 0.6 is 0 Å². The fourth-order valence-electron chi connectivity index (χ4n) is 3.10. The molecule has 1 aliphatic rings. The van der Waals surface area contributed by atoms with Gasteiger partial charge in [0.25, 0.3) is 0 Å². The normalized spacial score (nSPS) is 13.6. The van der Waals surface area contributed by atoms with Gasteiger partial charge in [0, 0.05) is 5.92 Å². The Hall–Kier alpha value is -2.09. The maximum Gasteiger partial charge on any atom is 0.306 e. The molecule has 22 heavy (non-hydrogen) atoms. The number of hydrogen-bond donors (Lipinski definition) is 0. The summed E-state index contributed by atoms with van der Waals surface area (Å²) in [4.78, 5) is 12.0. The van der Waals surface area contributed by atoms with Gasteiger partial charge in [0.05, 0.1) is 6.42 Å². The summed E-state index contributed by atoms with van der Waals surface area (Å²) in [7, 11) is 0. The number of benzene rings is 2. The number of hydrogen-bond acceptors (Lipinski definition) is 2. The molecule has 2 aromatic rings. The lowest BCUT2D eigenvalue weighted by Gasteiger charge is -2.19. The quantitative estimate of drug-likeness (QED) is 0.762. The van der Waals surface area contributed by atoms with Crippen LogP contribution in [0, 0.1) is 5.41 Å². The van der Waals surface area contributed by atoms with Crippen LogP contribution in [0.3, 0.4) is 0 Å². The van der Waals surface area contributed by atoms with Crippen LogP contribution < -0.4 is 0 Å². The van der Waals surface area contributed by atoms with Gasteiger partial charge in [-0.3, -0.25) is 4.79 Å². The van der Waals surface area contributed by atoms with Crippen LogP contribution in [0.1, 0.15) is 44.2 Å². The molecule has 2 aromatic carbocycles. The molecule has 1 aliphatic carbocycles. The second kappa shape index (κ2) is 5.60. The highest BCUT2D eigenvalue weighted by molar-refractivity contribution is 5.79. The zero-order valence-corrected chi connectivity index (χ0v) is 13.4. The van der Waals surface area contributed by atoms with Crippen LogP contribution in [-0.4, -0.2) is 12.6 Å². The Morgan fingerprint density at radius 2 is 1.45 bits per heavy atom. The fraction of sp³-hybridized carbons (Fsp3) is 0.350. The van der Waals surface area contributed by atoms with Crippen LogP contribution in [0.4, 0.5) is 0 Å². The summed E-state index contributed by atoms with van der Waals surface area (Å²) < 4.78 is 5.58. The molecule has 0 aromatic heterocycles. The highest BCUT2D eigenvalue weighted by Crippen LogP contribution is 2.44. The smallest absolute Gasteiger partial charge is 0.306 e. The third-order valence-corrected chi connectivity index (χ3v) is 4.05. The van der Waals surface area contributed by atoms with E-state index in [4.69, 9.17) is 4.74 Å². The predicted octanol–water partition coefficient (Wildman–Crippen LogP) is 4.78. The SMILES string of the molecule is CC(C)(C)CC(=O)OCC1c2ccccc2-c2ccccc21. The average molecular weight is 294 g/mol. The van der Waals surface area contributed by atoms with Crippen LogP contribution in [0.2, 0.25) is 0 Å². The molecule has 0 heterocycles. The van der Waals surface area contributed by atoms with E-state index in [1.165, 1.54) is 22.3 Å². The summed E-state index contributed by atoms with van der Waals surface area (Å²) in [5.74, 6) is 0.0330. The standard InChI is InChI=1S/C20H22O2/c1-20(2,3)12-19(21)22-13-18-16-10-6-4-8-14(16)15-9-5-7-11-17(15)18/h4-11,18H,12-13H2,1-3H3. The van der Waals surface area contributed by atoms with Gasteiger partial charge in [-0.2, -0.15) is 0 Å². The van der Waals surface area contributed by atoms with Gasteiger partial charge in [-0.15, -0.1) is 0 Å². The van der Waals surface area contributed by atoms with Crippen molar-refractivity contribution in [3.8, 4) is 11.1 Å². The Morgan fingerprint density at radius 1 is 0.955 bits per heavy atom. The van der Waals surface area contributed by atoms with Crippen molar-refractivity contribution >= 4 is 5.97 Å². The van der Waals surface area contributed by atoms with Gasteiger partial charge >= 0.3 is 5.97 Å². The Balaban J connectivity index is 1.81. The largest absolute Gasteiger partial charge is 0.465 e. The van der Waals surface area contributed by atoms with Crippen LogP contribution in [0.15, 0.2) is 48.5 Å². The van der Waals surface area contributed by atoms with Crippen LogP contribution in [0.25, 0.3) is 11.1 Å². The molecule has 0 bridgehead atoms. The Labute approximate surface area is 132 Å². The van der Waals surface area contributed by atoms with Crippen molar-refractivity contribution < 1.29 is 9.53 Å². The van der Waals surface area contributed by atoms with E-state index in [9.17, 15) is 4.79 Å². The maximum absolute atomic E-state index is 12.0. The lowest BCUT2D eigenvalue weighted by molar-refractivity contribution is -0.146. The summed E-state index contributed by atoms with van der Waals surface area (Å²) in [6.45, 7) is 6.57. The van der Waals surface area contributed by atoms with E-state index in [1.54, 1.807) is 0 Å². The Kier molecular flexibility index (Phi) is 3.78. The fourth-order valence-corrected chi connectivity index (χ4v) is 3.10. The number of fused-ring (bicyclic) bond motifs is 3. The lowest BCUT2D eigenvalue weighted by Crippen LogP contribution is -2.18. The molecular weight excluding hydrogens is 272 g/mol. The summed E-state index contributed by atoms with van der Waals surface area (Å²) in [5, 5.41) is 0. The van der Waals surface area contributed by atoms with E-state index in [0.717, 1.165) is 0 Å². The number of carbonyl (C=O) groups is 1. The summed E-state index contributed by atoms with van der Waals surface area (Å²) >= 11 is 0. The van der Waals surface area contributed by atoms with E-state index in [-0.39, 0.29) is 17.3 Å². The van der Waals surface area contributed by atoms with Gasteiger partial charge < -0.3 is 4.74 Å². The highest BCUT2D eigenvalue weighted by Gasteiger charge is 2.29. The van der Waals surface area contributed by atoms with Gasteiger partial charge in [0.2, 0.25) is 0 Å². The number of ether oxygens (including phenoxy) is 1. The summed E-state index contributed by atoms with van der Waals surface area (Å²) in [6.07, 6.45) is 0.447.